The number of carbonyl (C=O) groups is 2. The third kappa shape index (κ3) is 4.89. The number of anilines is 1. The van der Waals surface area contributed by atoms with E-state index in [1.165, 1.54) is 0 Å². The van der Waals surface area contributed by atoms with Gasteiger partial charge in [-0.1, -0.05) is 36.4 Å². The average molecular weight is 364 g/mol. The van der Waals surface area contributed by atoms with Crippen molar-refractivity contribution in [3.63, 3.8) is 0 Å². The molecule has 0 saturated carbocycles. The first-order chi connectivity index (χ1) is 10.5. The van der Waals surface area contributed by atoms with Gasteiger partial charge in [0.1, 0.15) is 6.61 Å². The normalized spacial score (nSPS) is 10.0. The summed E-state index contributed by atoms with van der Waals surface area (Å²) in [5.41, 5.74) is 1.95. The maximum Gasteiger partial charge on any atom is 0.411 e. The van der Waals surface area contributed by atoms with Crippen LogP contribution in [-0.2, 0) is 22.6 Å². The molecule has 0 aliphatic rings. The van der Waals surface area contributed by atoms with Crippen LogP contribution >= 0.6 is 15.9 Å². The zero-order valence-electron chi connectivity index (χ0n) is 11.6. The minimum Gasteiger partial charge on any atom is -0.481 e. The second-order valence-electron chi connectivity index (χ2n) is 4.57. The molecule has 5 nitrogen and oxygen atoms in total. The number of carbonyl (C=O) groups excluding carboxylic acids is 1. The fourth-order valence-electron chi connectivity index (χ4n) is 1.82. The van der Waals surface area contributed by atoms with Gasteiger partial charge in [-0.05, 0) is 39.2 Å². The highest BCUT2D eigenvalue weighted by Gasteiger charge is 2.09. The van der Waals surface area contributed by atoms with E-state index in [0.29, 0.717) is 15.7 Å². The molecule has 0 bridgehead atoms. The maximum absolute atomic E-state index is 11.8. The van der Waals surface area contributed by atoms with Crippen LogP contribution in [0.3, 0.4) is 0 Å². The number of hydrogen-bond donors (Lipinski definition) is 2. The summed E-state index contributed by atoms with van der Waals surface area (Å²) in [4.78, 5) is 22.5. The first kappa shape index (κ1) is 16.0. The summed E-state index contributed by atoms with van der Waals surface area (Å²) in [5.74, 6) is -0.931. The van der Waals surface area contributed by atoms with Gasteiger partial charge in [0.05, 0.1) is 12.1 Å². The quantitative estimate of drug-likeness (QED) is 0.846. The van der Waals surface area contributed by atoms with Gasteiger partial charge in [0, 0.05) is 4.47 Å². The Balaban J connectivity index is 1.97. The Kier molecular flexibility index (Phi) is 5.55. The van der Waals surface area contributed by atoms with E-state index in [1.54, 1.807) is 18.2 Å². The van der Waals surface area contributed by atoms with Gasteiger partial charge in [-0.3, -0.25) is 10.1 Å². The number of hydrogen-bond acceptors (Lipinski definition) is 3. The zero-order valence-corrected chi connectivity index (χ0v) is 13.2. The molecule has 2 N–H and O–H groups in total. The molecular formula is C16H14BrNO4. The van der Waals surface area contributed by atoms with Crippen LogP contribution in [0.1, 0.15) is 11.1 Å². The molecule has 0 spiro atoms. The van der Waals surface area contributed by atoms with Gasteiger partial charge in [0.25, 0.3) is 0 Å². The molecular weight excluding hydrogens is 350 g/mol. The van der Waals surface area contributed by atoms with Crippen molar-refractivity contribution in [3.8, 4) is 0 Å². The van der Waals surface area contributed by atoms with E-state index in [1.807, 2.05) is 30.3 Å². The van der Waals surface area contributed by atoms with Crippen LogP contribution in [0.25, 0.3) is 0 Å². The van der Waals surface area contributed by atoms with Crippen LogP contribution in [0.4, 0.5) is 10.5 Å². The molecule has 0 aliphatic carbocycles. The van der Waals surface area contributed by atoms with Gasteiger partial charge >= 0.3 is 12.1 Å². The van der Waals surface area contributed by atoms with Crippen molar-refractivity contribution in [1.82, 2.24) is 0 Å². The van der Waals surface area contributed by atoms with Crippen molar-refractivity contribution in [2.24, 2.45) is 0 Å². The molecule has 0 saturated heterocycles. The lowest BCUT2D eigenvalue weighted by Gasteiger charge is -2.10. The van der Waals surface area contributed by atoms with Crippen LogP contribution < -0.4 is 5.32 Å². The van der Waals surface area contributed by atoms with Crippen molar-refractivity contribution in [1.29, 1.82) is 0 Å². The summed E-state index contributed by atoms with van der Waals surface area (Å²) in [5, 5.41) is 11.4. The molecule has 0 heterocycles. The Morgan fingerprint density at radius 3 is 2.50 bits per heavy atom. The van der Waals surface area contributed by atoms with Crippen molar-refractivity contribution < 1.29 is 19.4 Å². The Morgan fingerprint density at radius 1 is 1.09 bits per heavy atom. The third-order valence-electron chi connectivity index (χ3n) is 2.84. The lowest BCUT2D eigenvalue weighted by atomic mass is 10.1. The summed E-state index contributed by atoms with van der Waals surface area (Å²) in [6.45, 7) is 0.166. The van der Waals surface area contributed by atoms with Crippen LogP contribution in [-0.4, -0.2) is 17.2 Å². The lowest BCUT2D eigenvalue weighted by molar-refractivity contribution is -0.136. The number of nitrogens with one attached hydrogen (secondary N) is 1. The minimum absolute atomic E-state index is 0.110. The van der Waals surface area contributed by atoms with Gasteiger partial charge in [-0.15, -0.1) is 0 Å². The number of benzene rings is 2. The lowest BCUT2D eigenvalue weighted by Crippen LogP contribution is -2.14. The van der Waals surface area contributed by atoms with Crippen molar-refractivity contribution in [2.75, 3.05) is 5.32 Å². The number of amides is 1. The van der Waals surface area contributed by atoms with Crippen molar-refractivity contribution >= 4 is 33.7 Å². The molecule has 2 aromatic carbocycles. The topological polar surface area (TPSA) is 75.6 Å². The first-order valence-electron chi connectivity index (χ1n) is 6.52. The van der Waals surface area contributed by atoms with E-state index in [-0.39, 0.29) is 13.0 Å². The molecule has 0 aromatic heterocycles. The van der Waals surface area contributed by atoms with E-state index >= 15 is 0 Å². The molecule has 22 heavy (non-hydrogen) atoms. The summed E-state index contributed by atoms with van der Waals surface area (Å²) in [7, 11) is 0. The van der Waals surface area contributed by atoms with Crippen LogP contribution in [0, 0.1) is 0 Å². The highest BCUT2D eigenvalue weighted by Crippen LogP contribution is 2.24. The molecule has 114 valence electrons. The van der Waals surface area contributed by atoms with E-state index in [4.69, 9.17) is 9.84 Å². The number of halogens is 1. The molecule has 0 unspecified atom stereocenters. The van der Waals surface area contributed by atoms with E-state index in [0.717, 1.165) is 5.56 Å². The predicted molar refractivity (Wildman–Crippen MR) is 85.7 cm³/mol. The van der Waals surface area contributed by atoms with Gasteiger partial charge in [0.2, 0.25) is 0 Å². The summed E-state index contributed by atoms with van der Waals surface area (Å²) < 4.78 is 5.77. The predicted octanol–water partition coefficient (Wildman–Crippen LogP) is 3.82. The Morgan fingerprint density at radius 2 is 1.82 bits per heavy atom. The largest absolute Gasteiger partial charge is 0.481 e. The molecule has 1 amide bonds. The van der Waals surface area contributed by atoms with Crippen LogP contribution in [0.15, 0.2) is 53.0 Å². The highest BCUT2D eigenvalue weighted by molar-refractivity contribution is 9.10. The van der Waals surface area contributed by atoms with E-state index < -0.39 is 12.1 Å². The summed E-state index contributed by atoms with van der Waals surface area (Å²) >= 11 is 3.30. The SMILES string of the molecule is O=C(O)Cc1ccc(Br)c(NC(=O)OCc2ccccc2)c1. The second kappa shape index (κ2) is 7.61. The van der Waals surface area contributed by atoms with Crippen LogP contribution in [0.5, 0.6) is 0 Å². The standard InChI is InChI=1S/C16H14BrNO4/c17-13-7-6-12(9-15(19)20)8-14(13)18-16(21)22-10-11-4-2-1-3-5-11/h1-8H,9-10H2,(H,18,21)(H,19,20). The highest BCUT2D eigenvalue weighted by atomic mass is 79.9. The minimum atomic E-state index is -0.931. The van der Waals surface area contributed by atoms with Gasteiger partial charge in [-0.2, -0.15) is 0 Å². The molecule has 0 aliphatic heterocycles. The molecule has 2 aromatic rings. The molecule has 0 atom stereocenters. The molecule has 0 radical (unpaired) electrons. The van der Waals surface area contributed by atoms with E-state index in [9.17, 15) is 9.59 Å². The van der Waals surface area contributed by atoms with Crippen molar-refractivity contribution in [3.05, 3.63) is 64.1 Å². The average Bonchev–Trinajstić information content (AvgIpc) is 2.49. The Bertz CT molecular complexity index is 673. The number of ether oxygens (including phenoxy) is 1. The first-order valence-corrected chi connectivity index (χ1v) is 7.32. The van der Waals surface area contributed by atoms with Crippen molar-refractivity contribution in [2.45, 2.75) is 13.0 Å². The Hall–Kier alpha value is -2.34. The van der Waals surface area contributed by atoms with E-state index in [2.05, 4.69) is 21.2 Å². The van der Waals surface area contributed by atoms with Gasteiger partial charge < -0.3 is 9.84 Å². The molecule has 0 fully saturated rings. The third-order valence-corrected chi connectivity index (χ3v) is 3.53. The monoisotopic (exact) mass is 363 g/mol. The fraction of sp³-hybridized carbons (Fsp3) is 0.125. The van der Waals surface area contributed by atoms with Gasteiger partial charge in [-0.25, -0.2) is 4.79 Å². The smallest absolute Gasteiger partial charge is 0.411 e. The fourth-order valence-corrected chi connectivity index (χ4v) is 2.17. The number of carboxylic acid groups (broad SMARTS) is 1. The maximum atomic E-state index is 11.8. The second-order valence-corrected chi connectivity index (χ2v) is 5.43. The molecule has 6 heteroatoms. The number of aliphatic carboxylic acids is 1. The molecule has 2 rings (SSSR count). The number of carboxylic acids is 1. The van der Waals surface area contributed by atoms with Crippen LogP contribution in [0.2, 0.25) is 0 Å². The zero-order chi connectivity index (χ0) is 15.9. The number of rotatable bonds is 5. The summed E-state index contributed by atoms with van der Waals surface area (Å²) in [6, 6.07) is 14.3. The van der Waals surface area contributed by atoms with Gasteiger partial charge in [0.15, 0.2) is 0 Å². The Labute approximate surface area is 136 Å². The summed E-state index contributed by atoms with van der Waals surface area (Å²) in [6.07, 6.45) is -0.710.